The Kier molecular flexibility index (Phi) is 4.53. The van der Waals surface area contributed by atoms with Crippen molar-refractivity contribution in [2.75, 3.05) is 11.9 Å². The minimum atomic E-state index is -3.97. The Labute approximate surface area is 146 Å². The lowest BCUT2D eigenvalue weighted by atomic mass is 10.1. The van der Waals surface area contributed by atoms with Crippen LogP contribution in [-0.2, 0) is 21.4 Å². The van der Waals surface area contributed by atoms with Gasteiger partial charge in [-0.3, -0.25) is 4.79 Å². The van der Waals surface area contributed by atoms with Gasteiger partial charge in [0.1, 0.15) is 5.54 Å². The molecule has 1 aliphatic heterocycles. The predicted molar refractivity (Wildman–Crippen MR) is 91.8 cm³/mol. The average Bonchev–Trinajstić information content (AvgIpc) is 3.00. The first-order valence-electron chi connectivity index (χ1n) is 7.89. The van der Waals surface area contributed by atoms with E-state index in [9.17, 15) is 13.2 Å². The third-order valence-corrected chi connectivity index (χ3v) is 5.43. The van der Waals surface area contributed by atoms with E-state index in [1.807, 2.05) is 6.07 Å². The highest BCUT2D eigenvalue weighted by molar-refractivity contribution is 7.89. The molecule has 3 rings (SSSR count). The molecule has 25 heavy (non-hydrogen) atoms. The molecule has 1 amide bonds. The van der Waals surface area contributed by atoms with Crippen LogP contribution in [-0.4, -0.2) is 36.3 Å². The van der Waals surface area contributed by atoms with Crippen molar-refractivity contribution in [3.8, 4) is 5.88 Å². The van der Waals surface area contributed by atoms with Gasteiger partial charge in [0.2, 0.25) is 21.8 Å². The van der Waals surface area contributed by atoms with Crippen molar-refractivity contribution in [1.29, 1.82) is 0 Å². The number of carbonyl (C=O) groups is 1. The Morgan fingerprint density at radius 3 is 2.72 bits per heavy atom. The van der Waals surface area contributed by atoms with Gasteiger partial charge in [0, 0.05) is 18.7 Å². The maximum Gasteiger partial charge on any atom is 0.248 e. The van der Waals surface area contributed by atoms with Crippen molar-refractivity contribution in [2.45, 2.75) is 37.2 Å². The van der Waals surface area contributed by atoms with Crippen LogP contribution in [0.25, 0.3) is 0 Å². The number of para-hydroxylation sites is 1. The van der Waals surface area contributed by atoms with Crippen molar-refractivity contribution < 1.29 is 17.9 Å². The summed E-state index contributed by atoms with van der Waals surface area (Å²) in [6, 6.07) is 8.84. The standard InChI is InChI=1S/C16H20N4O4S/c1-16(2,15(21)18-12-7-4-3-5-8-12)19-25(22,23)13-11-17-20-9-6-10-24-14(13)20/h3-5,7-8,11,19H,6,9-10H2,1-2H3,(H,18,21). The van der Waals surface area contributed by atoms with Crippen molar-refractivity contribution in [3.63, 3.8) is 0 Å². The third-order valence-electron chi connectivity index (χ3n) is 3.79. The van der Waals surface area contributed by atoms with E-state index in [1.54, 1.807) is 24.3 Å². The number of ether oxygens (including phenoxy) is 1. The number of fused-ring (bicyclic) bond motifs is 1. The molecule has 8 nitrogen and oxygen atoms in total. The minimum absolute atomic E-state index is 0.0622. The van der Waals surface area contributed by atoms with Gasteiger partial charge >= 0.3 is 0 Å². The van der Waals surface area contributed by atoms with Crippen LogP contribution in [0.1, 0.15) is 20.3 Å². The summed E-state index contributed by atoms with van der Waals surface area (Å²) in [7, 11) is -3.97. The second kappa shape index (κ2) is 6.49. The highest BCUT2D eigenvalue weighted by Gasteiger charge is 2.36. The summed E-state index contributed by atoms with van der Waals surface area (Å²) in [5, 5.41) is 6.73. The molecule has 2 N–H and O–H groups in total. The van der Waals surface area contributed by atoms with Crippen LogP contribution >= 0.6 is 0 Å². The van der Waals surface area contributed by atoms with Crippen LogP contribution in [0.2, 0.25) is 0 Å². The van der Waals surface area contributed by atoms with E-state index >= 15 is 0 Å². The summed E-state index contributed by atoms with van der Waals surface area (Å²) in [6.07, 6.45) is 2.01. The number of aromatic nitrogens is 2. The summed E-state index contributed by atoms with van der Waals surface area (Å²) in [5.41, 5.74) is -0.774. The number of benzene rings is 1. The van der Waals surface area contributed by atoms with Crippen molar-refractivity contribution in [2.24, 2.45) is 0 Å². The van der Waals surface area contributed by atoms with Gasteiger partial charge in [-0.05, 0) is 26.0 Å². The number of rotatable bonds is 5. The Hall–Kier alpha value is -2.39. The zero-order chi connectivity index (χ0) is 18.1. The van der Waals surface area contributed by atoms with Crippen molar-refractivity contribution in [1.82, 2.24) is 14.5 Å². The number of nitrogens with one attached hydrogen (secondary N) is 2. The van der Waals surface area contributed by atoms with Crippen LogP contribution in [0.15, 0.2) is 41.4 Å². The molecular formula is C16H20N4O4S. The van der Waals surface area contributed by atoms with Crippen LogP contribution in [0.3, 0.4) is 0 Å². The molecule has 1 aliphatic rings. The molecule has 0 fully saturated rings. The Balaban J connectivity index is 1.79. The van der Waals surface area contributed by atoms with Crippen LogP contribution < -0.4 is 14.8 Å². The fourth-order valence-corrected chi connectivity index (χ4v) is 3.93. The van der Waals surface area contributed by atoms with Gasteiger partial charge in [-0.25, -0.2) is 13.1 Å². The Bertz CT molecular complexity index is 875. The van der Waals surface area contributed by atoms with Crippen LogP contribution in [0, 0.1) is 0 Å². The topological polar surface area (TPSA) is 102 Å². The highest BCUT2D eigenvalue weighted by Crippen LogP contribution is 2.27. The third kappa shape index (κ3) is 3.67. The summed E-state index contributed by atoms with van der Waals surface area (Å²) >= 11 is 0. The van der Waals surface area contributed by atoms with Gasteiger partial charge in [0.15, 0.2) is 4.90 Å². The first kappa shape index (κ1) is 17.4. The number of carbonyl (C=O) groups excluding carboxylic acids is 1. The molecule has 0 radical (unpaired) electrons. The lowest BCUT2D eigenvalue weighted by molar-refractivity contribution is -0.120. The van der Waals surface area contributed by atoms with E-state index in [-0.39, 0.29) is 10.8 Å². The quantitative estimate of drug-likeness (QED) is 0.834. The van der Waals surface area contributed by atoms with Crippen molar-refractivity contribution >= 4 is 21.6 Å². The SMILES string of the molecule is CC(C)(NS(=O)(=O)c1cnn2c1OCCC2)C(=O)Nc1ccccc1. The fraction of sp³-hybridized carbons (Fsp3) is 0.375. The Morgan fingerprint density at radius 2 is 2.00 bits per heavy atom. The molecule has 0 saturated heterocycles. The van der Waals surface area contributed by atoms with E-state index in [0.29, 0.717) is 18.8 Å². The number of hydrogen-bond acceptors (Lipinski definition) is 5. The van der Waals surface area contributed by atoms with Gasteiger partial charge < -0.3 is 10.1 Å². The van der Waals surface area contributed by atoms with Crippen molar-refractivity contribution in [3.05, 3.63) is 36.5 Å². The average molecular weight is 364 g/mol. The number of amides is 1. The molecule has 2 heterocycles. The highest BCUT2D eigenvalue weighted by atomic mass is 32.2. The number of aryl methyl sites for hydroxylation is 1. The van der Waals surface area contributed by atoms with Gasteiger partial charge in [0.25, 0.3) is 0 Å². The monoisotopic (exact) mass is 364 g/mol. The zero-order valence-electron chi connectivity index (χ0n) is 14.0. The van der Waals surface area contributed by atoms with E-state index < -0.39 is 21.5 Å². The van der Waals surface area contributed by atoms with E-state index in [4.69, 9.17) is 4.74 Å². The molecule has 1 aromatic heterocycles. The second-order valence-electron chi connectivity index (χ2n) is 6.29. The molecule has 0 atom stereocenters. The van der Waals surface area contributed by atoms with Crippen LogP contribution in [0.5, 0.6) is 5.88 Å². The summed E-state index contributed by atoms with van der Waals surface area (Å²) in [5.74, 6) is -0.262. The molecular weight excluding hydrogens is 344 g/mol. The summed E-state index contributed by atoms with van der Waals surface area (Å²) in [4.78, 5) is 12.4. The number of anilines is 1. The minimum Gasteiger partial charge on any atom is -0.477 e. The van der Waals surface area contributed by atoms with Gasteiger partial charge in [-0.2, -0.15) is 9.82 Å². The first-order chi connectivity index (χ1) is 11.8. The maximum atomic E-state index is 12.7. The maximum absolute atomic E-state index is 12.7. The van der Waals surface area contributed by atoms with Gasteiger partial charge in [0.05, 0.1) is 12.8 Å². The van der Waals surface area contributed by atoms with E-state index in [2.05, 4.69) is 15.1 Å². The lowest BCUT2D eigenvalue weighted by Gasteiger charge is -2.25. The molecule has 0 bridgehead atoms. The fourth-order valence-electron chi connectivity index (χ4n) is 2.48. The largest absolute Gasteiger partial charge is 0.477 e. The predicted octanol–water partition coefficient (Wildman–Crippen LogP) is 1.36. The number of nitrogens with zero attached hydrogens (tertiary/aromatic N) is 2. The molecule has 0 spiro atoms. The number of hydrogen-bond donors (Lipinski definition) is 2. The number of sulfonamides is 1. The summed E-state index contributed by atoms with van der Waals surface area (Å²) in [6.45, 7) is 4.04. The molecule has 0 unspecified atom stereocenters. The van der Waals surface area contributed by atoms with Crippen LogP contribution in [0.4, 0.5) is 5.69 Å². The van der Waals surface area contributed by atoms with E-state index in [1.165, 1.54) is 24.7 Å². The molecule has 134 valence electrons. The lowest BCUT2D eigenvalue weighted by Crippen LogP contribution is -2.52. The molecule has 2 aromatic rings. The van der Waals surface area contributed by atoms with Gasteiger partial charge in [-0.1, -0.05) is 18.2 Å². The normalized spacial score (nSPS) is 14.5. The molecule has 0 saturated carbocycles. The molecule has 1 aromatic carbocycles. The Morgan fingerprint density at radius 1 is 1.28 bits per heavy atom. The second-order valence-corrected chi connectivity index (χ2v) is 7.94. The smallest absolute Gasteiger partial charge is 0.248 e. The summed E-state index contributed by atoms with van der Waals surface area (Å²) < 4.78 is 34.8. The zero-order valence-corrected chi connectivity index (χ0v) is 14.8. The molecule has 9 heteroatoms. The first-order valence-corrected chi connectivity index (χ1v) is 9.37. The van der Waals surface area contributed by atoms with E-state index in [0.717, 1.165) is 6.42 Å². The van der Waals surface area contributed by atoms with Gasteiger partial charge in [-0.15, -0.1) is 0 Å². The molecule has 0 aliphatic carbocycles.